The van der Waals surface area contributed by atoms with Gasteiger partial charge < -0.3 is 14.8 Å². The molecule has 0 fully saturated rings. The number of methoxy groups -OCH3 is 1. The molecule has 0 unspecified atom stereocenters. The van der Waals surface area contributed by atoms with Gasteiger partial charge in [0, 0.05) is 24.9 Å². The van der Waals surface area contributed by atoms with Gasteiger partial charge in [0.2, 0.25) is 0 Å². The van der Waals surface area contributed by atoms with E-state index in [-0.39, 0.29) is 5.97 Å². The molecule has 4 nitrogen and oxygen atoms in total. The molecule has 104 valence electrons. The lowest BCUT2D eigenvalue weighted by Crippen LogP contribution is -2.15. The van der Waals surface area contributed by atoms with Gasteiger partial charge in [-0.05, 0) is 25.0 Å². The number of carbonyl (C=O) groups excluding carboxylic acids is 1. The molecule has 4 heteroatoms. The molecule has 0 aliphatic carbocycles. The van der Waals surface area contributed by atoms with Gasteiger partial charge in [0.05, 0.1) is 13.2 Å². The molecule has 0 spiro atoms. The van der Waals surface area contributed by atoms with E-state index in [2.05, 4.69) is 11.9 Å². The molecule has 0 amide bonds. The van der Waals surface area contributed by atoms with E-state index in [0.29, 0.717) is 25.3 Å². The van der Waals surface area contributed by atoms with Crippen LogP contribution in [-0.2, 0) is 20.7 Å². The first-order chi connectivity index (χ1) is 9.19. The van der Waals surface area contributed by atoms with E-state index >= 15 is 0 Å². The second-order valence-electron chi connectivity index (χ2n) is 4.08. The number of para-hydroxylation sites is 1. The van der Waals surface area contributed by atoms with E-state index in [9.17, 15) is 4.79 Å². The fourth-order valence-corrected chi connectivity index (χ4v) is 1.63. The summed E-state index contributed by atoms with van der Waals surface area (Å²) < 4.78 is 9.97. The summed E-state index contributed by atoms with van der Waals surface area (Å²) in [7, 11) is 1.68. The third-order valence-corrected chi connectivity index (χ3v) is 2.65. The Morgan fingerprint density at radius 1 is 1.37 bits per heavy atom. The van der Waals surface area contributed by atoms with Gasteiger partial charge >= 0.3 is 5.97 Å². The van der Waals surface area contributed by atoms with E-state index < -0.39 is 0 Å². The Kier molecular flexibility index (Phi) is 6.68. The zero-order valence-corrected chi connectivity index (χ0v) is 11.6. The van der Waals surface area contributed by atoms with Crippen molar-refractivity contribution in [2.75, 3.05) is 32.2 Å². The minimum atomic E-state index is -0.357. The van der Waals surface area contributed by atoms with Crippen LogP contribution in [0.15, 0.2) is 36.4 Å². The van der Waals surface area contributed by atoms with Gasteiger partial charge in [0.1, 0.15) is 0 Å². The lowest BCUT2D eigenvalue weighted by molar-refractivity contribution is -0.138. The van der Waals surface area contributed by atoms with Crippen LogP contribution in [0.3, 0.4) is 0 Å². The van der Waals surface area contributed by atoms with Crippen molar-refractivity contribution in [2.24, 2.45) is 0 Å². The highest BCUT2D eigenvalue weighted by atomic mass is 16.5. The topological polar surface area (TPSA) is 47.6 Å². The van der Waals surface area contributed by atoms with Crippen LogP contribution < -0.4 is 5.32 Å². The Hall–Kier alpha value is -1.81. The molecule has 0 heterocycles. The van der Waals surface area contributed by atoms with Crippen molar-refractivity contribution in [1.29, 1.82) is 0 Å². The van der Waals surface area contributed by atoms with Gasteiger partial charge in [-0.2, -0.15) is 0 Å². The van der Waals surface area contributed by atoms with Crippen molar-refractivity contribution < 1.29 is 14.3 Å². The Morgan fingerprint density at radius 2 is 2.11 bits per heavy atom. The van der Waals surface area contributed by atoms with Crippen molar-refractivity contribution in [1.82, 2.24) is 0 Å². The second kappa shape index (κ2) is 8.32. The molecule has 0 aromatic heterocycles. The summed E-state index contributed by atoms with van der Waals surface area (Å²) in [5.41, 5.74) is 2.56. The molecular weight excluding hydrogens is 242 g/mol. The first-order valence-corrected chi connectivity index (χ1v) is 6.34. The minimum absolute atomic E-state index is 0.357. The lowest BCUT2D eigenvalue weighted by Gasteiger charge is -2.12. The minimum Gasteiger partial charge on any atom is -0.463 e. The van der Waals surface area contributed by atoms with Gasteiger partial charge in [0.15, 0.2) is 0 Å². The predicted molar refractivity (Wildman–Crippen MR) is 76.3 cm³/mol. The molecule has 0 aliphatic rings. The van der Waals surface area contributed by atoms with Gasteiger partial charge in [-0.1, -0.05) is 24.8 Å². The lowest BCUT2D eigenvalue weighted by atomic mass is 10.1. The van der Waals surface area contributed by atoms with Crippen LogP contribution in [0.2, 0.25) is 0 Å². The van der Waals surface area contributed by atoms with Crippen molar-refractivity contribution in [3.8, 4) is 0 Å². The number of carbonyl (C=O) groups is 1. The number of hydrogen-bond acceptors (Lipinski definition) is 4. The number of nitrogens with one attached hydrogen (secondary N) is 1. The van der Waals surface area contributed by atoms with Gasteiger partial charge in [-0.25, -0.2) is 4.79 Å². The highest BCUT2D eigenvalue weighted by Gasteiger charge is 2.08. The van der Waals surface area contributed by atoms with Crippen molar-refractivity contribution >= 4 is 11.7 Å². The highest BCUT2D eigenvalue weighted by Crippen LogP contribution is 2.16. The second-order valence-corrected chi connectivity index (χ2v) is 4.08. The van der Waals surface area contributed by atoms with Crippen molar-refractivity contribution in [3.63, 3.8) is 0 Å². The predicted octanol–water partition coefficient (Wildman–Crippen LogP) is 2.41. The Bertz CT molecular complexity index is 429. The summed E-state index contributed by atoms with van der Waals surface area (Å²) in [6.07, 6.45) is 0.825. The third-order valence-electron chi connectivity index (χ3n) is 2.65. The Morgan fingerprint density at radius 3 is 2.79 bits per heavy atom. The SMILES string of the molecule is C=C(CNc1ccccc1CCOC)C(=O)OCC. The summed E-state index contributed by atoms with van der Waals surface area (Å²) in [5, 5.41) is 3.21. The first-order valence-electron chi connectivity index (χ1n) is 6.34. The molecule has 0 atom stereocenters. The summed E-state index contributed by atoms with van der Waals surface area (Å²) in [5.74, 6) is -0.357. The monoisotopic (exact) mass is 263 g/mol. The number of ether oxygens (including phenoxy) is 2. The van der Waals surface area contributed by atoms with Crippen LogP contribution in [0.25, 0.3) is 0 Å². The number of rotatable bonds is 8. The molecule has 1 N–H and O–H groups in total. The van der Waals surface area contributed by atoms with Crippen LogP contribution >= 0.6 is 0 Å². The smallest absolute Gasteiger partial charge is 0.335 e. The normalized spacial score (nSPS) is 10.0. The van der Waals surface area contributed by atoms with Crippen molar-refractivity contribution in [3.05, 3.63) is 42.0 Å². The van der Waals surface area contributed by atoms with Crippen LogP contribution in [0.1, 0.15) is 12.5 Å². The Labute approximate surface area is 114 Å². The maximum Gasteiger partial charge on any atom is 0.335 e. The molecule has 19 heavy (non-hydrogen) atoms. The summed E-state index contributed by atoms with van der Waals surface area (Å²) in [6, 6.07) is 7.94. The molecular formula is C15H21NO3. The van der Waals surface area contributed by atoms with Crippen LogP contribution in [0.5, 0.6) is 0 Å². The maximum atomic E-state index is 11.4. The number of anilines is 1. The number of hydrogen-bond donors (Lipinski definition) is 1. The maximum absolute atomic E-state index is 11.4. The van der Waals surface area contributed by atoms with Crippen molar-refractivity contribution in [2.45, 2.75) is 13.3 Å². The quantitative estimate of drug-likeness (QED) is 0.578. The molecule has 1 aromatic carbocycles. The molecule has 0 saturated carbocycles. The standard InChI is InChI=1S/C15H21NO3/c1-4-19-15(17)12(2)11-16-14-8-6-5-7-13(14)9-10-18-3/h5-8,16H,2,4,9-11H2,1,3H3. The average molecular weight is 263 g/mol. The van der Waals surface area contributed by atoms with Gasteiger partial charge in [-0.15, -0.1) is 0 Å². The van der Waals surface area contributed by atoms with Crippen LogP contribution in [0, 0.1) is 0 Å². The largest absolute Gasteiger partial charge is 0.463 e. The van der Waals surface area contributed by atoms with Gasteiger partial charge in [0.25, 0.3) is 0 Å². The van der Waals surface area contributed by atoms with E-state index in [1.807, 2.05) is 24.3 Å². The highest BCUT2D eigenvalue weighted by molar-refractivity contribution is 5.88. The molecule has 1 aromatic rings. The molecule has 0 aliphatic heterocycles. The fourth-order valence-electron chi connectivity index (χ4n) is 1.63. The fraction of sp³-hybridized carbons (Fsp3) is 0.400. The molecule has 1 rings (SSSR count). The van der Waals surface area contributed by atoms with E-state index in [0.717, 1.165) is 17.7 Å². The van der Waals surface area contributed by atoms with Gasteiger partial charge in [-0.3, -0.25) is 0 Å². The first kappa shape index (κ1) is 15.2. The Balaban J connectivity index is 2.57. The van der Waals surface area contributed by atoms with E-state index in [1.165, 1.54) is 0 Å². The van der Waals surface area contributed by atoms with Crippen LogP contribution in [-0.4, -0.2) is 32.8 Å². The summed E-state index contributed by atoms with van der Waals surface area (Å²) in [6.45, 7) is 6.90. The van der Waals surface area contributed by atoms with E-state index in [1.54, 1.807) is 14.0 Å². The van der Waals surface area contributed by atoms with E-state index in [4.69, 9.17) is 9.47 Å². The zero-order valence-electron chi connectivity index (χ0n) is 11.6. The summed E-state index contributed by atoms with van der Waals surface area (Å²) >= 11 is 0. The molecule has 0 saturated heterocycles. The number of esters is 1. The zero-order chi connectivity index (χ0) is 14.1. The summed E-state index contributed by atoms with van der Waals surface area (Å²) in [4.78, 5) is 11.4. The molecule has 0 bridgehead atoms. The number of benzene rings is 1. The molecule has 0 radical (unpaired) electrons. The third kappa shape index (κ3) is 5.14. The van der Waals surface area contributed by atoms with Crippen LogP contribution in [0.4, 0.5) is 5.69 Å². The average Bonchev–Trinajstić information content (AvgIpc) is 2.43.